The zero-order valence-corrected chi connectivity index (χ0v) is 15.1. The smallest absolute Gasteiger partial charge is 0.0737 e. The minimum atomic E-state index is 0.0559. The van der Waals surface area contributed by atoms with Gasteiger partial charge in [0.15, 0.2) is 0 Å². The number of aromatic nitrogens is 1. The summed E-state index contributed by atoms with van der Waals surface area (Å²) in [5.74, 6) is 0. The molecule has 1 aliphatic rings. The monoisotopic (exact) mass is 372 g/mol. The summed E-state index contributed by atoms with van der Waals surface area (Å²) in [7, 11) is 0. The molecule has 0 saturated heterocycles. The van der Waals surface area contributed by atoms with E-state index in [1.807, 2.05) is 18.3 Å². The average Bonchev–Trinajstić information content (AvgIpc) is 3.01. The van der Waals surface area contributed by atoms with Crippen molar-refractivity contribution in [2.45, 2.75) is 19.0 Å². The lowest BCUT2D eigenvalue weighted by Crippen LogP contribution is -2.21. The van der Waals surface area contributed by atoms with Crippen LogP contribution in [0.5, 0.6) is 0 Å². The van der Waals surface area contributed by atoms with E-state index in [0.29, 0.717) is 23.0 Å². The molecular weight excluding hydrogens is 355 g/mol. The topological polar surface area (TPSA) is 37.2 Å². The van der Waals surface area contributed by atoms with Gasteiger partial charge in [0.1, 0.15) is 0 Å². The van der Waals surface area contributed by atoms with E-state index >= 15 is 0 Å². The normalized spacial score (nSPS) is 16.2. The predicted octanol–water partition coefficient (Wildman–Crippen LogP) is 4.51. The molecule has 5 heteroatoms. The Balaban J connectivity index is 1.78. The Labute approximate surface area is 156 Å². The largest absolute Gasteiger partial charge is 0.396 e. The summed E-state index contributed by atoms with van der Waals surface area (Å²) in [6.07, 6.45) is 2.72. The number of nitrogens with zero attached hydrogens (tertiary/aromatic N) is 1. The van der Waals surface area contributed by atoms with Crippen LogP contribution in [0.3, 0.4) is 0 Å². The first-order chi connectivity index (χ1) is 12.2. The zero-order chi connectivity index (χ0) is 17.4. The third kappa shape index (κ3) is 3.09. The Bertz CT molecular complexity index is 903. The SMILES string of the molecule is OCCc1ccc(C2NCc3c(Cl)cc(Cl)cc3-n3cccc32)cc1. The first-order valence-corrected chi connectivity index (χ1v) is 9.01. The van der Waals surface area contributed by atoms with Crippen molar-refractivity contribution in [3.8, 4) is 5.69 Å². The quantitative estimate of drug-likeness (QED) is 0.709. The van der Waals surface area contributed by atoms with Crippen LogP contribution in [0.25, 0.3) is 5.69 Å². The van der Waals surface area contributed by atoms with Crippen molar-refractivity contribution in [2.24, 2.45) is 0 Å². The van der Waals surface area contributed by atoms with Crippen LogP contribution < -0.4 is 5.32 Å². The van der Waals surface area contributed by atoms with Crippen molar-refractivity contribution in [3.05, 3.63) is 87.2 Å². The molecule has 1 atom stereocenters. The predicted molar refractivity (Wildman–Crippen MR) is 102 cm³/mol. The molecule has 0 amide bonds. The summed E-state index contributed by atoms with van der Waals surface area (Å²) in [5, 5.41) is 14.0. The summed E-state index contributed by atoms with van der Waals surface area (Å²) < 4.78 is 2.15. The summed E-state index contributed by atoms with van der Waals surface area (Å²) in [4.78, 5) is 0. The molecule has 4 rings (SSSR count). The maximum absolute atomic E-state index is 9.09. The van der Waals surface area contributed by atoms with Crippen molar-refractivity contribution in [2.75, 3.05) is 6.61 Å². The minimum Gasteiger partial charge on any atom is -0.396 e. The summed E-state index contributed by atoms with van der Waals surface area (Å²) in [6.45, 7) is 0.828. The Kier molecular flexibility index (Phi) is 4.57. The van der Waals surface area contributed by atoms with Crippen molar-refractivity contribution in [1.29, 1.82) is 0 Å². The Morgan fingerprint density at radius 1 is 1.12 bits per heavy atom. The molecule has 2 N–H and O–H groups in total. The zero-order valence-electron chi connectivity index (χ0n) is 13.5. The molecule has 1 aliphatic heterocycles. The highest BCUT2D eigenvalue weighted by atomic mass is 35.5. The molecule has 3 nitrogen and oxygen atoms in total. The van der Waals surface area contributed by atoms with Crippen molar-refractivity contribution in [1.82, 2.24) is 9.88 Å². The Morgan fingerprint density at radius 3 is 2.68 bits per heavy atom. The molecule has 128 valence electrons. The lowest BCUT2D eigenvalue weighted by atomic mass is 10.0. The van der Waals surface area contributed by atoms with Gasteiger partial charge in [-0.15, -0.1) is 0 Å². The van der Waals surface area contributed by atoms with Crippen LogP contribution >= 0.6 is 23.2 Å². The fourth-order valence-corrected chi connectivity index (χ4v) is 3.98. The van der Waals surface area contributed by atoms with Gasteiger partial charge >= 0.3 is 0 Å². The van der Waals surface area contributed by atoms with E-state index < -0.39 is 0 Å². The van der Waals surface area contributed by atoms with E-state index in [0.717, 1.165) is 22.5 Å². The van der Waals surface area contributed by atoms with E-state index in [1.165, 1.54) is 5.56 Å². The lowest BCUT2D eigenvalue weighted by molar-refractivity contribution is 0.299. The Hall–Kier alpha value is -1.78. The van der Waals surface area contributed by atoms with Crippen LogP contribution in [-0.2, 0) is 13.0 Å². The van der Waals surface area contributed by atoms with Crippen molar-refractivity contribution < 1.29 is 5.11 Å². The van der Waals surface area contributed by atoms with Crippen LogP contribution in [0, 0.1) is 0 Å². The number of halogens is 2. The lowest BCUT2D eigenvalue weighted by Gasteiger charge is -2.18. The highest BCUT2D eigenvalue weighted by molar-refractivity contribution is 6.35. The second-order valence-electron chi connectivity index (χ2n) is 6.22. The van der Waals surface area contributed by atoms with Crippen molar-refractivity contribution in [3.63, 3.8) is 0 Å². The number of nitrogens with one attached hydrogen (secondary N) is 1. The van der Waals surface area contributed by atoms with Crippen molar-refractivity contribution >= 4 is 23.2 Å². The van der Waals surface area contributed by atoms with E-state index in [1.54, 1.807) is 6.07 Å². The van der Waals surface area contributed by atoms with Gasteiger partial charge in [-0.05, 0) is 41.8 Å². The van der Waals surface area contributed by atoms with Gasteiger partial charge in [0.25, 0.3) is 0 Å². The number of hydrogen-bond donors (Lipinski definition) is 2. The molecule has 0 bridgehead atoms. The standard InChI is InChI=1S/C20H18Cl2N2O/c21-15-10-17(22)16-12-23-20(14-5-3-13(4-6-14)7-9-25)18-2-1-8-24(18)19(16)11-15/h1-6,8,10-11,20,23,25H,7,9,12H2. The Morgan fingerprint density at radius 2 is 1.92 bits per heavy atom. The molecule has 25 heavy (non-hydrogen) atoms. The third-order valence-corrected chi connectivity index (χ3v) is 5.22. The average molecular weight is 373 g/mol. The molecule has 1 aromatic heterocycles. The molecule has 0 radical (unpaired) electrons. The van der Waals surface area contributed by atoms with Gasteiger partial charge in [-0.3, -0.25) is 0 Å². The molecule has 1 unspecified atom stereocenters. The van der Waals surface area contributed by atoms with E-state index in [4.69, 9.17) is 28.3 Å². The minimum absolute atomic E-state index is 0.0559. The third-order valence-electron chi connectivity index (χ3n) is 4.67. The number of aliphatic hydroxyl groups excluding tert-OH is 1. The van der Waals surface area contributed by atoms with Crippen LogP contribution in [0.1, 0.15) is 28.4 Å². The molecule has 3 aromatic rings. The fourth-order valence-electron chi connectivity index (χ4n) is 3.43. The van der Waals surface area contributed by atoms with Crippen LogP contribution in [0.15, 0.2) is 54.7 Å². The molecule has 2 aromatic carbocycles. The second-order valence-corrected chi connectivity index (χ2v) is 7.06. The van der Waals surface area contributed by atoms with E-state index in [-0.39, 0.29) is 12.6 Å². The molecular formula is C20H18Cl2N2O. The summed E-state index contributed by atoms with van der Waals surface area (Å²) in [5.41, 5.74) is 5.52. The summed E-state index contributed by atoms with van der Waals surface area (Å²) in [6, 6.07) is 16.3. The number of fused-ring (bicyclic) bond motifs is 3. The number of rotatable bonds is 3. The fraction of sp³-hybridized carbons (Fsp3) is 0.200. The molecule has 2 heterocycles. The first kappa shape index (κ1) is 16.7. The maximum atomic E-state index is 9.09. The van der Waals surface area contributed by atoms with Crippen LogP contribution in [0.2, 0.25) is 10.0 Å². The van der Waals surface area contributed by atoms with Gasteiger partial charge < -0.3 is 15.0 Å². The first-order valence-electron chi connectivity index (χ1n) is 8.26. The second kappa shape index (κ2) is 6.85. The molecule has 0 saturated carbocycles. The van der Waals surface area contributed by atoms with Crippen LogP contribution in [-0.4, -0.2) is 16.3 Å². The van der Waals surface area contributed by atoms with Gasteiger partial charge in [-0.25, -0.2) is 0 Å². The van der Waals surface area contributed by atoms with Gasteiger partial charge in [-0.2, -0.15) is 0 Å². The van der Waals surface area contributed by atoms with Crippen LogP contribution in [0.4, 0.5) is 0 Å². The van der Waals surface area contributed by atoms with Gasteiger partial charge in [0, 0.05) is 40.7 Å². The van der Waals surface area contributed by atoms with Gasteiger partial charge in [0.2, 0.25) is 0 Å². The molecule has 0 aliphatic carbocycles. The highest BCUT2D eigenvalue weighted by Gasteiger charge is 2.24. The molecule has 0 spiro atoms. The van der Waals surface area contributed by atoms with Gasteiger partial charge in [-0.1, -0.05) is 47.5 Å². The molecule has 0 fully saturated rings. The van der Waals surface area contributed by atoms with E-state index in [9.17, 15) is 0 Å². The maximum Gasteiger partial charge on any atom is 0.0737 e. The number of hydrogen-bond acceptors (Lipinski definition) is 2. The number of benzene rings is 2. The number of aliphatic hydroxyl groups is 1. The highest BCUT2D eigenvalue weighted by Crippen LogP contribution is 2.35. The summed E-state index contributed by atoms with van der Waals surface area (Å²) >= 11 is 12.7. The van der Waals surface area contributed by atoms with Gasteiger partial charge in [0.05, 0.1) is 11.7 Å². The van der Waals surface area contributed by atoms with E-state index in [2.05, 4.69) is 40.2 Å².